The molecule has 0 aliphatic heterocycles. The SMILES string of the molecule is Cc1ccc(C(C)c2cccs2)o1. The Labute approximate surface area is 82.0 Å². The van der Waals surface area contributed by atoms with Gasteiger partial charge in [-0.25, -0.2) is 0 Å². The van der Waals surface area contributed by atoms with Crippen molar-refractivity contribution < 1.29 is 4.42 Å². The topological polar surface area (TPSA) is 13.1 Å². The van der Waals surface area contributed by atoms with Crippen molar-refractivity contribution in [3.8, 4) is 0 Å². The lowest BCUT2D eigenvalue weighted by Gasteiger charge is -2.04. The number of hydrogen-bond acceptors (Lipinski definition) is 2. The summed E-state index contributed by atoms with van der Waals surface area (Å²) in [7, 11) is 0. The average Bonchev–Trinajstić information content (AvgIpc) is 2.72. The summed E-state index contributed by atoms with van der Waals surface area (Å²) in [5, 5.41) is 2.10. The fraction of sp³-hybridized carbons (Fsp3) is 0.273. The van der Waals surface area contributed by atoms with Gasteiger partial charge >= 0.3 is 0 Å². The minimum Gasteiger partial charge on any atom is -0.466 e. The zero-order valence-corrected chi connectivity index (χ0v) is 8.60. The van der Waals surface area contributed by atoms with Crippen LogP contribution in [0.2, 0.25) is 0 Å². The smallest absolute Gasteiger partial charge is 0.112 e. The Hall–Kier alpha value is -1.02. The van der Waals surface area contributed by atoms with Crippen molar-refractivity contribution in [2.24, 2.45) is 0 Å². The number of furan rings is 1. The van der Waals surface area contributed by atoms with Crippen LogP contribution in [0.15, 0.2) is 34.1 Å². The lowest BCUT2D eigenvalue weighted by atomic mass is 10.1. The van der Waals surface area contributed by atoms with Gasteiger partial charge in [-0.2, -0.15) is 0 Å². The van der Waals surface area contributed by atoms with E-state index >= 15 is 0 Å². The van der Waals surface area contributed by atoms with E-state index in [9.17, 15) is 0 Å². The Balaban J connectivity index is 2.28. The molecule has 0 N–H and O–H groups in total. The van der Waals surface area contributed by atoms with Crippen LogP contribution in [0.3, 0.4) is 0 Å². The lowest BCUT2D eigenvalue weighted by Crippen LogP contribution is -1.89. The van der Waals surface area contributed by atoms with Crippen LogP contribution in [0, 0.1) is 6.92 Å². The van der Waals surface area contributed by atoms with E-state index in [0.717, 1.165) is 11.5 Å². The van der Waals surface area contributed by atoms with Crippen molar-refractivity contribution in [3.63, 3.8) is 0 Å². The molecule has 0 saturated carbocycles. The molecule has 0 spiro atoms. The van der Waals surface area contributed by atoms with E-state index < -0.39 is 0 Å². The van der Waals surface area contributed by atoms with Crippen LogP contribution in [-0.2, 0) is 0 Å². The molecule has 0 bridgehead atoms. The molecule has 0 radical (unpaired) electrons. The molecule has 2 heterocycles. The fourth-order valence-corrected chi connectivity index (χ4v) is 2.16. The number of rotatable bonds is 2. The van der Waals surface area contributed by atoms with E-state index in [-0.39, 0.29) is 0 Å². The highest BCUT2D eigenvalue weighted by Gasteiger charge is 2.12. The van der Waals surface area contributed by atoms with Gasteiger partial charge in [-0.05, 0) is 30.5 Å². The first-order valence-corrected chi connectivity index (χ1v) is 5.25. The first-order chi connectivity index (χ1) is 6.27. The van der Waals surface area contributed by atoms with E-state index in [1.54, 1.807) is 11.3 Å². The fourth-order valence-electron chi connectivity index (χ4n) is 1.36. The van der Waals surface area contributed by atoms with Gasteiger partial charge in [0.05, 0.1) is 0 Å². The summed E-state index contributed by atoms with van der Waals surface area (Å²) in [6.45, 7) is 4.15. The van der Waals surface area contributed by atoms with Crippen molar-refractivity contribution in [2.45, 2.75) is 19.8 Å². The highest BCUT2D eigenvalue weighted by atomic mass is 32.1. The van der Waals surface area contributed by atoms with Gasteiger partial charge in [0.2, 0.25) is 0 Å². The van der Waals surface area contributed by atoms with Gasteiger partial charge in [0, 0.05) is 10.8 Å². The molecule has 68 valence electrons. The molecule has 0 saturated heterocycles. The molecular weight excluding hydrogens is 180 g/mol. The van der Waals surface area contributed by atoms with Gasteiger partial charge in [0.25, 0.3) is 0 Å². The number of hydrogen-bond donors (Lipinski definition) is 0. The molecule has 1 nitrogen and oxygen atoms in total. The molecule has 1 atom stereocenters. The molecular formula is C11H12OS. The van der Waals surface area contributed by atoms with Gasteiger partial charge in [-0.1, -0.05) is 13.0 Å². The van der Waals surface area contributed by atoms with Crippen LogP contribution in [-0.4, -0.2) is 0 Å². The molecule has 2 aromatic rings. The summed E-state index contributed by atoms with van der Waals surface area (Å²) in [6, 6.07) is 8.29. The summed E-state index contributed by atoms with van der Waals surface area (Å²) < 4.78 is 5.58. The molecule has 0 amide bonds. The summed E-state index contributed by atoms with van der Waals surface area (Å²) in [4.78, 5) is 1.36. The third kappa shape index (κ3) is 1.68. The average molecular weight is 192 g/mol. The predicted molar refractivity (Wildman–Crippen MR) is 55.3 cm³/mol. The Bertz CT molecular complexity index is 372. The van der Waals surface area contributed by atoms with Crippen molar-refractivity contribution in [3.05, 3.63) is 46.0 Å². The number of thiophene rings is 1. The molecule has 2 aromatic heterocycles. The molecule has 0 aromatic carbocycles. The van der Waals surface area contributed by atoms with Gasteiger partial charge in [-0.15, -0.1) is 11.3 Å². The predicted octanol–water partition coefficient (Wildman–Crippen LogP) is 3.80. The van der Waals surface area contributed by atoms with Gasteiger partial charge in [-0.3, -0.25) is 0 Å². The third-order valence-electron chi connectivity index (χ3n) is 2.16. The zero-order valence-electron chi connectivity index (χ0n) is 7.78. The van der Waals surface area contributed by atoms with E-state index in [0.29, 0.717) is 5.92 Å². The highest BCUT2D eigenvalue weighted by molar-refractivity contribution is 7.10. The second-order valence-electron chi connectivity index (χ2n) is 3.19. The van der Waals surface area contributed by atoms with Crippen LogP contribution in [0.5, 0.6) is 0 Å². The summed E-state index contributed by atoms with van der Waals surface area (Å²) in [6.07, 6.45) is 0. The normalized spacial score (nSPS) is 13.1. The van der Waals surface area contributed by atoms with Crippen molar-refractivity contribution in [2.75, 3.05) is 0 Å². The standard InChI is InChI=1S/C11H12OS/c1-8-5-6-10(12-8)9(2)11-4-3-7-13-11/h3-7,9H,1-2H3. The summed E-state index contributed by atoms with van der Waals surface area (Å²) in [5.74, 6) is 2.42. The van der Waals surface area contributed by atoms with Gasteiger partial charge in [0.15, 0.2) is 0 Å². The molecule has 0 aliphatic rings. The Morgan fingerprint density at radius 2 is 2.15 bits per heavy atom. The Morgan fingerprint density at radius 1 is 1.31 bits per heavy atom. The molecule has 2 heteroatoms. The van der Waals surface area contributed by atoms with E-state index in [4.69, 9.17) is 4.42 Å². The molecule has 0 aliphatic carbocycles. The first kappa shape index (κ1) is 8.57. The molecule has 0 fully saturated rings. The van der Waals surface area contributed by atoms with Gasteiger partial charge in [0.1, 0.15) is 11.5 Å². The van der Waals surface area contributed by atoms with E-state index in [2.05, 4.69) is 30.5 Å². The molecule has 1 unspecified atom stereocenters. The Kier molecular flexibility index (Phi) is 2.23. The maximum absolute atomic E-state index is 5.58. The largest absolute Gasteiger partial charge is 0.466 e. The first-order valence-electron chi connectivity index (χ1n) is 4.37. The molecule has 2 rings (SSSR count). The number of aryl methyl sites for hydroxylation is 1. The monoisotopic (exact) mass is 192 g/mol. The zero-order chi connectivity index (χ0) is 9.26. The minimum absolute atomic E-state index is 0.383. The second kappa shape index (κ2) is 3.38. The third-order valence-corrected chi connectivity index (χ3v) is 3.21. The minimum atomic E-state index is 0.383. The van der Waals surface area contributed by atoms with Crippen LogP contribution in [0.1, 0.15) is 29.2 Å². The summed E-state index contributed by atoms with van der Waals surface area (Å²) >= 11 is 1.78. The van der Waals surface area contributed by atoms with E-state index in [1.807, 2.05) is 13.0 Å². The molecule has 13 heavy (non-hydrogen) atoms. The van der Waals surface area contributed by atoms with E-state index in [1.165, 1.54) is 4.88 Å². The van der Waals surface area contributed by atoms with Crippen molar-refractivity contribution in [1.29, 1.82) is 0 Å². The van der Waals surface area contributed by atoms with Crippen molar-refractivity contribution in [1.82, 2.24) is 0 Å². The maximum Gasteiger partial charge on any atom is 0.112 e. The van der Waals surface area contributed by atoms with Crippen molar-refractivity contribution >= 4 is 11.3 Å². The van der Waals surface area contributed by atoms with Crippen LogP contribution in [0.4, 0.5) is 0 Å². The van der Waals surface area contributed by atoms with Crippen LogP contribution < -0.4 is 0 Å². The van der Waals surface area contributed by atoms with Crippen LogP contribution >= 0.6 is 11.3 Å². The Morgan fingerprint density at radius 3 is 2.69 bits per heavy atom. The highest BCUT2D eigenvalue weighted by Crippen LogP contribution is 2.28. The van der Waals surface area contributed by atoms with Gasteiger partial charge < -0.3 is 4.42 Å². The summed E-state index contributed by atoms with van der Waals surface area (Å²) in [5.41, 5.74) is 0. The quantitative estimate of drug-likeness (QED) is 0.705. The second-order valence-corrected chi connectivity index (χ2v) is 4.16. The van der Waals surface area contributed by atoms with Crippen LogP contribution in [0.25, 0.3) is 0 Å². The maximum atomic E-state index is 5.58. The lowest BCUT2D eigenvalue weighted by molar-refractivity contribution is 0.473.